The van der Waals surface area contributed by atoms with Crippen LogP contribution in [0, 0.1) is 4.77 Å². The normalized spacial score (nSPS) is 11.6. The highest BCUT2D eigenvalue weighted by Gasteiger charge is 2.25. The number of hydrogen-bond donors (Lipinski definition) is 1. The third-order valence-corrected chi connectivity index (χ3v) is 5.56. The summed E-state index contributed by atoms with van der Waals surface area (Å²) in [4.78, 5) is 28.6. The Morgan fingerprint density at radius 2 is 1.75 bits per heavy atom. The van der Waals surface area contributed by atoms with Crippen molar-refractivity contribution in [3.05, 3.63) is 81.0 Å². The molecule has 2 aromatic carbocycles. The fourth-order valence-corrected chi connectivity index (χ4v) is 3.86. The summed E-state index contributed by atoms with van der Waals surface area (Å²) in [5.41, 5.74) is 2.77. The van der Waals surface area contributed by atoms with E-state index in [1.165, 1.54) is 9.08 Å². The van der Waals surface area contributed by atoms with E-state index in [1.807, 2.05) is 54.6 Å². The maximum atomic E-state index is 13.1. The number of nitrogens with zero attached hydrogens (tertiary/aromatic N) is 3. The third-order valence-electron chi connectivity index (χ3n) is 5.20. The molecular weight excluding hydrogens is 424 g/mol. The fourth-order valence-electron chi connectivity index (χ4n) is 3.54. The molecule has 32 heavy (non-hydrogen) atoms. The van der Waals surface area contributed by atoms with Gasteiger partial charge in [-0.15, -0.1) is 0 Å². The minimum Gasteiger partial charge on any atom is -0.462 e. The highest BCUT2D eigenvalue weighted by atomic mass is 32.1. The van der Waals surface area contributed by atoms with Gasteiger partial charge in [0.15, 0.2) is 5.65 Å². The number of fused-ring (bicyclic) bond motifs is 1. The van der Waals surface area contributed by atoms with Crippen molar-refractivity contribution < 1.29 is 9.53 Å². The van der Waals surface area contributed by atoms with E-state index in [2.05, 4.69) is 30.9 Å². The monoisotopic (exact) mass is 448 g/mol. The van der Waals surface area contributed by atoms with Crippen molar-refractivity contribution in [1.29, 1.82) is 0 Å². The van der Waals surface area contributed by atoms with Crippen molar-refractivity contribution in [2.24, 2.45) is 0 Å². The van der Waals surface area contributed by atoms with Gasteiger partial charge in [-0.1, -0.05) is 63.2 Å². The molecule has 0 aliphatic heterocycles. The van der Waals surface area contributed by atoms with Gasteiger partial charge in [-0.3, -0.25) is 4.98 Å². The summed E-state index contributed by atoms with van der Waals surface area (Å²) in [6.07, 6.45) is 0. The van der Waals surface area contributed by atoms with Gasteiger partial charge in [0.1, 0.15) is 11.3 Å². The first-order valence-electron chi connectivity index (χ1n) is 10.3. The van der Waals surface area contributed by atoms with Crippen LogP contribution in [0.2, 0.25) is 0 Å². The van der Waals surface area contributed by atoms with Crippen molar-refractivity contribution in [1.82, 2.24) is 19.2 Å². The Morgan fingerprint density at radius 3 is 2.34 bits per heavy atom. The molecule has 4 aromatic rings. The summed E-state index contributed by atoms with van der Waals surface area (Å²) in [7, 11) is 0. The van der Waals surface area contributed by atoms with Crippen molar-refractivity contribution in [2.45, 2.75) is 33.1 Å². The van der Waals surface area contributed by atoms with E-state index in [9.17, 15) is 9.59 Å². The van der Waals surface area contributed by atoms with E-state index >= 15 is 0 Å². The molecule has 7 nitrogen and oxygen atoms in total. The fraction of sp³-hybridized carbons (Fsp3) is 0.250. The molecule has 0 spiro atoms. The van der Waals surface area contributed by atoms with E-state index in [4.69, 9.17) is 17.0 Å². The Bertz CT molecular complexity index is 1410. The first kappa shape index (κ1) is 21.7. The number of benzene rings is 2. The van der Waals surface area contributed by atoms with E-state index in [-0.39, 0.29) is 28.0 Å². The molecule has 0 aliphatic carbocycles. The number of carbonyl (C=O) groups excluding carboxylic acids is 1. The maximum absolute atomic E-state index is 13.1. The molecule has 0 atom stereocenters. The lowest BCUT2D eigenvalue weighted by molar-refractivity contribution is 0.0529. The molecule has 2 heterocycles. The average molecular weight is 449 g/mol. The SMILES string of the molecule is CCOC(=O)c1c(-c2ccccc2)nn2c(=S)n(-c3ccc(C(C)(C)C)cc3)c(=O)[nH]c12. The standard InChI is InChI=1S/C24H24N4O3S/c1-5-31-21(29)18-19(15-9-7-6-8-10-15)26-28-20(18)25-22(30)27(23(28)32)17-13-11-16(12-14-17)24(2,3)4/h6-14H,5H2,1-4H3,(H,25,30). The molecule has 2 aromatic heterocycles. The smallest absolute Gasteiger partial charge is 0.344 e. The van der Waals surface area contributed by atoms with Gasteiger partial charge in [-0.05, 0) is 42.3 Å². The van der Waals surface area contributed by atoms with Gasteiger partial charge in [-0.2, -0.15) is 9.61 Å². The highest BCUT2D eigenvalue weighted by molar-refractivity contribution is 7.71. The number of aromatic amines is 1. The number of carbonyl (C=O) groups is 1. The van der Waals surface area contributed by atoms with Crippen LogP contribution in [-0.4, -0.2) is 31.7 Å². The Balaban J connectivity index is 1.97. The topological polar surface area (TPSA) is 81.4 Å². The maximum Gasteiger partial charge on any atom is 0.344 e. The summed E-state index contributed by atoms with van der Waals surface area (Å²) >= 11 is 5.63. The van der Waals surface area contributed by atoms with E-state index in [0.29, 0.717) is 11.4 Å². The van der Waals surface area contributed by atoms with Crippen molar-refractivity contribution in [3.63, 3.8) is 0 Å². The van der Waals surface area contributed by atoms with Crippen LogP contribution in [-0.2, 0) is 10.2 Å². The van der Waals surface area contributed by atoms with Gasteiger partial charge in [0.05, 0.1) is 12.3 Å². The molecule has 0 amide bonds. The molecule has 0 radical (unpaired) electrons. The molecule has 0 saturated heterocycles. The predicted octanol–water partition coefficient (Wildman–Crippen LogP) is 4.68. The lowest BCUT2D eigenvalue weighted by Crippen LogP contribution is -2.25. The van der Waals surface area contributed by atoms with Gasteiger partial charge >= 0.3 is 11.7 Å². The predicted molar refractivity (Wildman–Crippen MR) is 126 cm³/mol. The number of H-pyrrole nitrogens is 1. The van der Waals surface area contributed by atoms with Gasteiger partial charge in [0, 0.05) is 5.56 Å². The number of rotatable bonds is 4. The molecular formula is C24H24N4O3S. The van der Waals surface area contributed by atoms with Gasteiger partial charge in [0.2, 0.25) is 4.77 Å². The second-order valence-corrected chi connectivity index (χ2v) is 8.78. The Labute approximate surface area is 190 Å². The Hall–Kier alpha value is -3.52. The Morgan fingerprint density at radius 1 is 1.09 bits per heavy atom. The molecule has 0 unspecified atom stereocenters. The van der Waals surface area contributed by atoms with Crippen LogP contribution in [0.5, 0.6) is 0 Å². The van der Waals surface area contributed by atoms with Crippen molar-refractivity contribution in [2.75, 3.05) is 6.61 Å². The second kappa shape index (κ2) is 8.20. The minimum absolute atomic E-state index is 0.0164. The first-order chi connectivity index (χ1) is 15.2. The quantitative estimate of drug-likeness (QED) is 0.362. The highest BCUT2D eigenvalue weighted by Crippen LogP contribution is 2.27. The van der Waals surface area contributed by atoms with E-state index < -0.39 is 11.7 Å². The first-order valence-corrected chi connectivity index (χ1v) is 10.7. The largest absolute Gasteiger partial charge is 0.462 e. The average Bonchev–Trinajstić information content (AvgIpc) is 3.14. The number of aromatic nitrogens is 4. The van der Waals surface area contributed by atoms with Gasteiger partial charge in [0.25, 0.3) is 0 Å². The minimum atomic E-state index is -0.571. The molecule has 0 saturated carbocycles. The van der Waals surface area contributed by atoms with E-state index in [0.717, 1.165) is 11.1 Å². The molecule has 0 fully saturated rings. The molecule has 0 aliphatic rings. The lowest BCUT2D eigenvalue weighted by atomic mass is 9.87. The number of nitrogens with one attached hydrogen (secondary N) is 1. The summed E-state index contributed by atoms with van der Waals surface area (Å²) in [5.74, 6) is -0.571. The second-order valence-electron chi connectivity index (χ2n) is 8.42. The molecule has 164 valence electrons. The van der Waals surface area contributed by atoms with Crippen LogP contribution >= 0.6 is 12.2 Å². The van der Waals surface area contributed by atoms with Crippen molar-refractivity contribution >= 4 is 23.8 Å². The van der Waals surface area contributed by atoms with Crippen LogP contribution in [0.3, 0.4) is 0 Å². The molecule has 4 rings (SSSR count). The van der Waals surface area contributed by atoms with Crippen molar-refractivity contribution in [3.8, 4) is 16.9 Å². The number of hydrogen-bond acceptors (Lipinski definition) is 5. The molecule has 1 N–H and O–H groups in total. The number of ether oxygens (including phenoxy) is 1. The Kier molecular flexibility index (Phi) is 5.56. The molecule has 0 bridgehead atoms. The van der Waals surface area contributed by atoms with Gasteiger partial charge in [-0.25, -0.2) is 14.2 Å². The van der Waals surface area contributed by atoms with Crippen LogP contribution in [0.15, 0.2) is 59.4 Å². The zero-order valence-electron chi connectivity index (χ0n) is 18.4. The number of esters is 1. The van der Waals surface area contributed by atoms with Crippen LogP contribution in [0.1, 0.15) is 43.6 Å². The molecule has 8 heteroatoms. The van der Waals surface area contributed by atoms with Crippen LogP contribution < -0.4 is 5.69 Å². The van der Waals surface area contributed by atoms with E-state index in [1.54, 1.807) is 6.92 Å². The third kappa shape index (κ3) is 3.78. The zero-order valence-corrected chi connectivity index (χ0v) is 19.2. The summed E-state index contributed by atoms with van der Waals surface area (Å²) in [6.45, 7) is 8.29. The lowest BCUT2D eigenvalue weighted by Gasteiger charge is -2.19. The van der Waals surface area contributed by atoms with Gasteiger partial charge < -0.3 is 4.74 Å². The van der Waals surface area contributed by atoms with Crippen LogP contribution in [0.4, 0.5) is 0 Å². The summed E-state index contributed by atoms with van der Waals surface area (Å²) in [6, 6.07) is 16.9. The summed E-state index contributed by atoms with van der Waals surface area (Å²) in [5, 5.41) is 4.59. The summed E-state index contributed by atoms with van der Waals surface area (Å²) < 4.78 is 8.17. The van der Waals surface area contributed by atoms with Crippen LogP contribution in [0.25, 0.3) is 22.6 Å². The zero-order chi connectivity index (χ0) is 23.0.